The van der Waals surface area contributed by atoms with E-state index < -0.39 is 0 Å². The first-order valence-electron chi connectivity index (χ1n) is 9.07. The van der Waals surface area contributed by atoms with Crippen molar-refractivity contribution in [2.24, 2.45) is 10.2 Å². The van der Waals surface area contributed by atoms with E-state index in [1.807, 2.05) is 0 Å². The van der Waals surface area contributed by atoms with E-state index >= 15 is 0 Å². The van der Waals surface area contributed by atoms with Crippen LogP contribution in [0, 0.1) is 0 Å². The SMILES string of the molecule is COc1cc(Br)c(C=NNc2nncn2N=Cc2cc(OC)c(OC)cc2Br)cc1OC. The minimum Gasteiger partial charge on any atom is -0.493 e. The number of nitrogens with one attached hydrogen (secondary N) is 1. The van der Waals surface area contributed by atoms with E-state index in [4.69, 9.17) is 18.9 Å². The van der Waals surface area contributed by atoms with Crippen LogP contribution < -0.4 is 24.4 Å². The van der Waals surface area contributed by atoms with Crippen LogP contribution >= 0.6 is 31.9 Å². The molecule has 1 N–H and O–H groups in total. The van der Waals surface area contributed by atoms with Crippen LogP contribution in [0.4, 0.5) is 5.95 Å². The Labute approximate surface area is 201 Å². The van der Waals surface area contributed by atoms with Crippen molar-refractivity contribution < 1.29 is 18.9 Å². The molecule has 0 aliphatic rings. The van der Waals surface area contributed by atoms with E-state index in [2.05, 4.69) is 57.7 Å². The normalized spacial score (nSPS) is 11.2. The highest BCUT2D eigenvalue weighted by molar-refractivity contribution is 9.10. The smallest absolute Gasteiger partial charge is 0.265 e. The zero-order chi connectivity index (χ0) is 23.1. The van der Waals surface area contributed by atoms with Gasteiger partial charge in [-0.25, -0.2) is 5.43 Å². The molecule has 10 nitrogen and oxygen atoms in total. The molecule has 0 aliphatic heterocycles. The van der Waals surface area contributed by atoms with Gasteiger partial charge in [0.1, 0.15) is 6.33 Å². The van der Waals surface area contributed by atoms with Crippen molar-refractivity contribution in [2.45, 2.75) is 0 Å². The number of anilines is 1. The summed E-state index contributed by atoms with van der Waals surface area (Å²) in [6.45, 7) is 0. The molecule has 0 saturated heterocycles. The molecular weight excluding hydrogens is 548 g/mol. The lowest BCUT2D eigenvalue weighted by atomic mass is 10.2. The average molecular weight is 568 g/mol. The Kier molecular flexibility index (Phi) is 8.06. The molecule has 3 rings (SSSR count). The van der Waals surface area contributed by atoms with Crippen LogP contribution in [0.1, 0.15) is 11.1 Å². The van der Waals surface area contributed by atoms with Gasteiger partial charge in [-0.15, -0.1) is 10.2 Å². The number of hydrazone groups is 1. The van der Waals surface area contributed by atoms with Gasteiger partial charge in [0, 0.05) is 20.1 Å². The van der Waals surface area contributed by atoms with Crippen LogP contribution in [0.3, 0.4) is 0 Å². The molecule has 0 amide bonds. The standard InChI is InChI=1S/C20H20Br2N6O4/c1-29-16-5-12(14(21)7-18(16)31-3)9-23-26-20-27-24-11-28(20)25-10-13-6-17(30-2)19(32-4)8-15(13)22/h5-11H,1-4H3,(H,26,27). The molecule has 0 saturated carbocycles. The molecule has 0 aliphatic carbocycles. The highest BCUT2D eigenvalue weighted by Crippen LogP contribution is 2.33. The Morgan fingerprint density at radius 1 is 0.812 bits per heavy atom. The lowest BCUT2D eigenvalue weighted by molar-refractivity contribution is 0.354. The minimum absolute atomic E-state index is 0.325. The molecule has 32 heavy (non-hydrogen) atoms. The van der Waals surface area contributed by atoms with E-state index in [9.17, 15) is 0 Å². The first kappa shape index (κ1) is 23.5. The number of benzene rings is 2. The van der Waals surface area contributed by atoms with E-state index in [-0.39, 0.29) is 0 Å². The Balaban J connectivity index is 1.77. The van der Waals surface area contributed by atoms with E-state index in [0.717, 1.165) is 20.1 Å². The quantitative estimate of drug-likeness (QED) is 0.306. The monoisotopic (exact) mass is 566 g/mol. The maximum atomic E-state index is 5.34. The summed E-state index contributed by atoms with van der Waals surface area (Å²) in [6, 6.07) is 7.20. The maximum Gasteiger partial charge on any atom is 0.265 e. The molecule has 0 atom stereocenters. The number of rotatable bonds is 9. The molecule has 1 aromatic heterocycles. The van der Waals surface area contributed by atoms with E-state index in [1.165, 1.54) is 11.0 Å². The average Bonchev–Trinajstić information content (AvgIpc) is 3.25. The lowest BCUT2D eigenvalue weighted by Gasteiger charge is -2.09. The third-order valence-electron chi connectivity index (χ3n) is 4.23. The molecular formula is C20H20Br2N6O4. The summed E-state index contributed by atoms with van der Waals surface area (Å²) in [5, 5.41) is 16.5. The fourth-order valence-corrected chi connectivity index (χ4v) is 3.46. The molecule has 3 aromatic rings. The van der Waals surface area contributed by atoms with E-state index in [1.54, 1.807) is 65.1 Å². The van der Waals surface area contributed by atoms with Crippen molar-refractivity contribution in [3.8, 4) is 23.0 Å². The number of hydrogen-bond donors (Lipinski definition) is 1. The first-order chi connectivity index (χ1) is 15.5. The highest BCUT2D eigenvalue weighted by Gasteiger charge is 2.10. The summed E-state index contributed by atoms with van der Waals surface area (Å²) in [6.07, 6.45) is 4.70. The van der Waals surface area contributed by atoms with Gasteiger partial charge in [0.25, 0.3) is 5.95 Å². The second kappa shape index (κ2) is 11.0. The summed E-state index contributed by atoms with van der Waals surface area (Å²) in [5.74, 6) is 2.72. The van der Waals surface area contributed by atoms with Crippen molar-refractivity contribution in [2.75, 3.05) is 33.9 Å². The third kappa shape index (κ3) is 5.37. The van der Waals surface area contributed by atoms with Crippen LogP contribution in [0.2, 0.25) is 0 Å². The molecule has 168 valence electrons. The van der Waals surface area contributed by atoms with Gasteiger partial charge in [-0.1, -0.05) is 0 Å². The molecule has 2 aromatic carbocycles. The van der Waals surface area contributed by atoms with Crippen molar-refractivity contribution in [3.63, 3.8) is 0 Å². The van der Waals surface area contributed by atoms with Gasteiger partial charge in [-0.2, -0.15) is 14.9 Å². The van der Waals surface area contributed by atoms with Gasteiger partial charge in [-0.05, 0) is 56.1 Å². The first-order valence-corrected chi connectivity index (χ1v) is 10.7. The Hall–Kier alpha value is -3.12. The Bertz CT molecular complexity index is 1150. The van der Waals surface area contributed by atoms with Gasteiger partial charge in [0.05, 0.1) is 40.9 Å². The second-order valence-corrected chi connectivity index (χ2v) is 7.78. The summed E-state index contributed by atoms with van der Waals surface area (Å²) in [7, 11) is 6.30. The van der Waals surface area contributed by atoms with Crippen LogP contribution in [0.15, 0.2) is 49.7 Å². The molecule has 0 spiro atoms. The van der Waals surface area contributed by atoms with Crippen LogP contribution in [-0.2, 0) is 0 Å². The lowest BCUT2D eigenvalue weighted by Crippen LogP contribution is -2.00. The Morgan fingerprint density at radius 3 is 1.84 bits per heavy atom. The summed E-state index contributed by atoms with van der Waals surface area (Å²) >= 11 is 6.99. The van der Waals surface area contributed by atoms with Gasteiger partial charge in [0.15, 0.2) is 23.0 Å². The third-order valence-corrected chi connectivity index (χ3v) is 5.60. The van der Waals surface area contributed by atoms with Crippen molar-refractivity contribution >= 4 is 50.2 Å². The van der Waals surface area contributed by atoms with Crippen LogP contribution in [0.5, 0.6) is 23.0 Å². The molecule has 1 heterocycles. The molecule has 0 unspecified atom stereocenters. The molecule has 0 bridgehead atoms. The molecule has 12 heteroatoms. The zero-order valence-corrected chi connectivity index (χ0v) is 20.8. The fourth-order valence-electron chi connectivity index (χ4n) is 2.61. The minimum atomic E-state index is 0.325. The fraction of sp³-hybridized carbons (Fsp3) is 0.200. The van der Waals surface area contributed by atoms with Gasteiger partial charge in [-0.3, -0.25) is 0 Å². The van der Waals surface area contributed by atoms with E-state index in [0.29, 0.717) is 28.9 Å². The van der Waals surface area contributed by atoms with Gasteiger partial charge in [0.2, 0.25) is 0 Å². The summed E-state index contributed by atoms with van der Waals surface area (Å²) in [5.41, 5.74) is 4.38. The summed E-state index contributed by atoms with van der Waals surface area (Å²) in [4.78, 5) is 0. The maximum absolute atomic E-state index is 5.34. The predicted molar refractivity (Wildman–Crippen MR) is 129 cm³/mol. The summed E-state index contributed by atoms with van der Waals surface area (Å²) < 4.78 is 24.3. The number of nitrogens with zero attached hydrogens (tertiary/aromatic N) is 5. The topological polar surface area (TPSA) is 104 Å². The van der Waals surface area contributed by atoms with Crippen LogP contribution in [-0.4, -0.2) is 55.7 Å². The molecule has 0 fully saturated rings. The van der Waals surface area contributed by atoms with Crippen molar-refractivity contribution in [1.82, 2.24) is 14.9 Å². The number of halogens is 2. The number of ether oxygens (including phenoxy) is 4. The largest absolute Gasteiger partial charge is 0.493 e. The highest BCUT2D eigenvalue weighted by atomic mass is 79.9. The number of aromatic nitrogens is 3. The second-order valence-electron chi connectivity index (χ2n) is 6.07. The predicted octanol–water partition coefficient (Wildman–Crippen LogP) is 4.17. The van der Waals surface area contributed by atoms with Gasteiger partial charge < -0.3 is 18.9 Å². The number of methoxy groups -OCH3 is 4. The van der Waals surface area contributed by atoms with Crippen LogP contribution in [0.25, 0.3) is 0 Å². The number of hydrogen-bond acceptors (Lipinski definition) is 9. The van der Waals surface area contributed by atoms with Crippen molar-refractivity contribution in [1.29, 1.82) is 0 Å². The van der Waals surface area contributed by atoms with Gasteiger partial charge >= 0.3 is 0 Å². The Morgan fingerprint density at radius 2 is 1.31 bits per heavy atom. The molecule has 0 radical (unpaired) electrons. The zero-order valence-electron chi connectivity index (χ0n) is 17.7. The van der Waals surface area contributed by atoms with Crippen molar-refractivity contribution in [3.05, 3.63) is 50.7 Å².